The maximum Gasteiger partial charge on any atom is 0.255 e. The van der Waals surface area contributed by atoms with Gasteiger partial charge in [-0.25, -0.2) is 0 Å². The Balaban J connectivity index is 1.97. The third kappa shape index (κ3) is 2.97. The van der Waals surface area contributed by atoms with Crippen LogP contribution in [0.5, 0.6) is 0 Å². The number of carbonyl (C=O) groups is 1. The molecule has 5 nitrogen and oxygen atoms in total. The number of amides is 1. The van der Waals surface area contributed by atoms with E-state index in [1.807, 2.05) is 20.9 Å². The second-order valence-electron chi connectivity index (χ2n) is 5.61. The molecule has 2 heterocycles. The van der Waals surface area contributed by atoms with Crippen molar-refractivity contribution in [2.75, 3.05) is 19.6 Å². The van der Waals surface area contributed by atoms with E-state index in [0.717, 1.165) is 43.0 Å². The fourth-order valence-corrected chi connectivity index (χ4v) is 2.79. The van der Waals surface area contributed by atoms with Gasteiger partial charge in [0.1, 0.15) is 0 Å². The molecule has 1 aromatic heterocycles. The smallest absolute Gasteiger partial charge is 0.255 e. The van der Waals surface area contributed by atoms with E-state index in [1.165, 1.54) is 0 Å². The van der Waals surface area contributed by atoms with Crippen LogP contribution in [-0.2, 0) is 7.05 Å². The minimum atomic E-state index is 0.00818. The van der Waals surface area contributed by atoms with Crippen LogP contribution in [-0.4, -0.2) is 35.3 Å². The maximum absolute atomic E-state index is 12.3. The third-order valence-corrected chi connectivity index (χ3v) is 4.22. The molecule has 5 heteroatoms. The van der Waals surface area contributed by atoms with Crippen LogP contribution in [0, 0.1) is 25.7 Å². The summed E-state index contributed by atoms with van der Waals surface area (Å²) < 4.78 is 1.76. The van der Waals surface area contributed by atoms with Crippen LogP contribution in [0.4, 0.5) is 0 Å². The zero-order valence-electron chi connectivity index (χ0n) is 12.3. The molecule has 1 saturated heterocycles. The molecule has 2 atom stereocenters. The number of aromatic nitrogens is 2. The summed E-state index contributed by atoms with van der Waals surface area (Å²) in [5.74, 6) is 1.20. The number of nitrogens with one attached hydrogen (secondary N) is 2. The number of rotatable bonds is 3. The Morgan fingerprint density at radius 3 is 2.84 bits per heavy atom. The number of piperidine rings is 1. The van der Waals surface area contributed by atoms with Gasteiger partial charge in [0.25, 0.3) is 5.91 Å². The zero-order chi connectivity index (χ0) is 14.0. The van der Waals surface area contributed by atoms with Gasteiger partial charge in [0.15, 0.2) is 0 Å². The van der Waals surface area contributed by atoms with Crippen molar-refractivity contribution in [3.05, 3.63) is 17.0 Å². The van der Waals surface area contributed by atoms with Gasteiger partial charge in [0, 0.05) is 19.3 Å². The van der Waals surface area contributed by atoms with E-state index >= 15 is 0 Å². The van der Waals surface area contributed by atoms with Crippen molar-refractivity contribution in [3.8, 4) is 0 Å². The molecule has 0 saturated carbocycles. The highest BCUT2D eigenvalue weighted by Crippen LogP contribution is 2.18. The van der Waals surface area contributed by atoms with Gasteiger partial charge in [-0.05, 0) is 45.2 Å². The largest absolute Gasteiger partial charge is 0.352 e. The summed E-state index contributed by atoms with van der Waals surface area (Å²) in [7, 11) is 1.87. The maximum atomic E-state index is 12.3. The van der Waals surface area contributed by atoms with Gasteiger partial charge in [0.05, 0.1) is 11.3 Å². The Hall–Kier alpha value is -1.36. The number of hydrogen-bond acceptors (Lipinski definition) is 3. The van der Waals surface area contributed by atoms with Crippen molar-refractivity contribution in [2.45, 2.75) is 27.2 Å². The lowest BCUT2D eigenvalue weighted by Crippen LogP contribution is -2.41. The molecule has 0 aliphatic carbocycles. The van der Waals surface area contributed by atoms with Crippen molar-refractivity contribution in [2.24, 2.45) is 18.9 Å². The topological polar surface area (TPSA) is 59.0 Å². The van der Waals surface area contributed by atoms with Crippen molar-refractivity contribution in [1.29, 1.82) is 0 Å². The van der Waals surface area contributed by atoms with Crippen LogP contribution in [0.1, 0.15) is 35.1 Å². The lowest BCUT2D eigenvalue weighted by molar-refractivity contribution is 0.0937. The van der Waals surface area contributed by atoms with Crippen molar-refractivity contribution in [3.63, 3.8) is 0 Å². The van der Waals surface area contributed by atoms with Crippen LogP contribution in [0.3, 0.4) is 0 Å². The Bertz CT molecular complexity index is 466. The van der Waals surface area contributed by atoms with Crippen molar-refractivity contribution in [1.82, 2.24) is 20.4 Å². The minimum Gasteiger partial charge on any atom is -0.352 e. The number of aryl methyl sites for hydroxylation is 2. The molecule has 2 N–H and O–H groups in total. The molecule has 1 aromatic rings. The van der Waals surface area contributed by atoms with Gasteiger partial charge in [-0.2, -0.15) is 5.10 Å². The second-order valence-corrected chi connectivity index (χ2v) is 5.61. The first kappa shape index (κ1) is 14.1. The highest BCUT2D eigenvalue weighted by molar-refractivity contribution is 5.96. The summed E-state index contributed by atoms with van der Waals surface area (Å²) in [6.07, 6.45) is 1.13. The molecule has 0 radical (unpaired) electrons. The van der Waals surface area contributed by atoms with Crippen LogP contribution in [0.15, 0.2) is 0 Å². The molecular formula is C14H24N4O. The normalized spacial score (nSPS) is 23.4. The fraction of sp³-hybridized carbons (Fsp3) is 0.714. The molecule has 0 aromatic carbocycles. The number of carbonyl (C=O) groups excluding carboxylic acids is 1. The Morgan fingerprint density at radius 2 is 2.26 bits per heavy atom. The first-order chi connectivity index (χ1) is 9.00. The van der Waals surface area contributed by atoms with E-state index in [2.05, 4.69) is 22.7 Å². The molecule has 19 heavy (non-hydrogen) atoms. The van der Waals surface area contributed by atoms with E-state index < -0.39 is 0 Å². The van der Waals surface area contributed by atoms with Crippen LogP contribution in [0.25, 0.3) is 0 Å². The van der Waals surface area contributed by atoms with Gasteiger partial charge in [-0.3, -0.25) is 9.48 Å². The van der Waals surface area contributed by atoms with Gasteiger partial charge < -0.3 is 10.6 Å². The lowest BCUT2D eigenvalue weighted by Gasteiger charge is -2.29. The van der Waals surface area contributed by atoms with Gasteiger partial charge in [-0.15, -0.1) is 0 Å². The quantitative estimate of drug-likeness (QED) is 0.856. The van der Waals surface area contributed by atoms with Crippen molar-refractivity contribution < 1.29 is 4.79 Å². The molecule has 2 unspecified atom stereocenters. The molecule has 2 rings (SSSR count). The standard InChI is InChI=1S/C14H24N4O/c1-9-7-15-6-5-12(9)8-16-14(19)13-10(2)17-18(4)11(13)3/h9,12,15H,5-8H2,1-4H3,(H,16,19). The van der Waals surface area contributed by atoms with Crippen LogP contribution >= 0.6 is 0 Å². The summed E-state index contributed by atoms with van der Waals surface area (Å²) in [6, 6.07) is 0. The fourth-order valence-electron chi connectivity index (χ4n) is 2.79. The summed E-state index contributed by atoms with van der Waals surface area (Å²) >= 11 is 0. The molecule has 1 amide bonds. The summed E-state index contributed by atoms with van der Waals surface area (Å²) in [4.78, 5) is 12.3. The molecule has 106 valence electrons. The minimum absolute atomic E-state index is 0.00818. The molecule has 0 bridgehead atoms. The molecule has 1 aliphatic heterocycles. The van der Waals surface area contributed by atoms with E-state index in [-0.39, 0.29) is 5.91 Å². The average Bonchev–Trinajstić information content (AvgIpc) is 2.62. The van der Waals surface area contributed by atoms with Crippen LogP contribution in [0.2, 0.25) is 0 Å². The molecule has 1 aliphatic rings. The van der Waals surface area contributed by atoms with E-state index in [1.54, 1.807) is 4.68 Å². The van der Waals surface area contributed by atoms with E-state index in [4.69, 9.17) is 0 Å². The van der Waals surface area contributed by atoms with E-state index in [0.29, 0.717) is 11.8 Å². The van der Waals surface area contributed by atoms with Gasteiger partial charge in [0.2, 0.25) is 0 Å². The van der Waals surface area contributed by atoms with Gasteiger partial charge >= 0.3 is 0 Å². The van der Waals surface area contributed by atoms with Crippen molar-refractivity contribution >= 4 is 5.91 Å². The SMILES string of the molecule is Cc1nn(C)c(C)c1C(=O)NCC1CCNCC1C. The third-order valence-electron chi connectivity index (χ3n) is 4.22. The Morgan fingerprint density at radius 1 is 1.53 bits per heavy atom. The molecule has 0 spiro atoms. The first-order valence-corrected chi connectivity index (χ1v) is 6.99. The predicted octanol–water partition coefficient (Wildman–Crippen LogP) is 1.01. The predicted molar refractivity (Wildman–Crippen MR) is 75.2 cm³/mol. The molecular weight excluding hydrogens is 240 g/mol. The van der Waals surface area contributed by atoms with Crippen LogP contribution < -0.4 is 10.6 Å². The highest BCUT2D eigenvalue weighted by Gasteiger charge is 2.23. The summed E-state index contributed by atoms with van der Waals surface area (Å²) in [5, 5.41) is 10.7. The Kier molecular flexibility index (Phi) is 4.24. The van der Waals surface area contributed by atoms with Gasteiger partial charge in [-0.1, -0.05) is 6.92 Å². The monoisotopic (exact) mass is 264 g/mol. The number of hydrogen-bond donors (Lipinski definition) is 2. The molecule has 1 fully saturated rings. The average molecular weight is 264 g/mol. The Labute approximate surface area is 114 Å². The van der Waals surface area contributed by atoms with E-state index in [9.17, 15) is 4.79 Å². The second kappa shape index (κ2) is 5.74. The first-order valence-electron chi connectivity index (χ1n) is 6.99. The summed E-state index contributed by atoms with van der Waals surface area (Å²) in [5.41, 5.74) is 2.45. The number of nitrogens with zero attached hydrogens (tertiary/aromatic N) is 2. The lowest BCUT2D eigenvalue weighted by atomic mass is 9.88. The zero-order valence-corrected chi connectivity index (χ0v) is 12.3. The highest BCUT2D eigenvalue weighted by atomic mass is 16.1. The summed E-state index contributed by atoms with van der Waals surface area (Å²) in [6.45, 7) is 8.91.